The normalized spacial score (nSPS) is 10.3. The highest BCUT2D eigenvalue weighted by Crippen LogP contribution is 2.13. The Bertz CT molecular complexity index is 599. The number of hydrogen-bond donors (Lipinski definition) is 0. The van der Waals surface area contributed by atoms with Crippen LogP contribution in [-0.2, 0) is 22.6 Å². The number of halogens is 2. The van der Waals surface area contributed by atoms with Gasteiger partial charge in [-0.25, -0.2) is 4.39 Å². The highest BCUT2D eigenvalue weighted by Gasteiger charge is 2.07. The van der Waals surface area contributed by atoms with E-state index in [0.29, 0.717) is 17.0 Å². The summed E-state index contributed by atoms with van der Waals surface area (Å²) >= 11 is 5.86. The monoisotopic (exact) mass is 292 g/mol. The predicted octanol–water partition coefficient (Wildman–Crippen LogP) is 4.16. The van der Waals surface area contributed by atoms with Gasteiger partial charge in [0.15, 0.2) is 0 Å². The second kappa shape index (κ2) is 7.06. The van der Waals surface area contributed by atoms with Crippen LogP contribution in [0.1, 0.15) is 17.5 Å². The SMILES string of the molecule is O=C(CCc1cccc(Cl)c1)OCc1ccccc1F. The van der Waals surface area contributed by atoms with E-state index in [1.807, 2.05) is 18.2 Å². The first-order chi connectivity index (χ1) is 9.65. The molecule has 2 nitrogen and oxygen atoms in total. The zero-order valence-corrected chi connectivity index (χ0v) is 11.6. The molecule has 2 aromatic carbocycles. The lowest BCUT2D eigenvalue weighted by Crippen LogP contribution is -2.06. The molecule has 0 fully saturated rings. The maximum absolute atomic E-state index is 13.3. The zero-order chi connectivity index (χ0) is 14.4. The van der Waals surface area contributed by atoms with Crippen LogP contribution >= 0.6 is 11.6 Å². The Morgan fingerprint density at radius 2 is 1.95 bits per heavy atom. The van der Waals surface area contributed by atoms with Gasteiger partial charge in [0.2, 0.25) is 0 Å². The van der Waals surface area contributed by atoms with E-state index in [-0.39, 0.29) is 24.8 Å². The van der Waals surface area contributed by atoms with Gasteiger partial charge in [0, 0.05) is 17.0 Å². The van der Waals surface area contributed by atoms with Gasteiger partial charge >= 0.3 is 5.97 Å². The third kappa shape index (κ3) is 4.35. The van der Waals surface area contributed by atoms with E-state index < -0.39 is 0 Å². The first-order valence-electron chi connectivity index (χ1n) is 6.28. The third-order valence-electron chi connectivity index (χ3n) is 2.85. The van der Waals surface area contributed by atoms with Gasteiger partial charge in [-0.2, -0.15) is 0 Å². The van der Waals surface area contributed by atoms with E-state index in [9.17, 15) is 9.18 Å². The van der Waals surface area contributed by atoms with Crippen LogP contribution < -0.4 is 0 Å². The van der Waals surface area contributed by atoms with Crippen LogP contribution in [0.2, 0.25) is 5.02 Å². The molecule has 0 aliphatic rings. The molecule has 0 unspecified atom stereocenters. The van der Waals surface area contributed by atoms with Crippen molar-refractivity contribution >= 4 is 17.6 Å². The summed E-state index contributed by atoms with van der Waals surface area (Å²) in [6.07, 6.45) is 0.797. The van der Waals surface area contributed by atoms with Gasteiger partial charge in [-0.1, -0.05) is 41.9 Å². The lowest BCUT2D eigenvalue weighted by atomic mass is 10.1. The van der Waals surface area contributed by atoms with Crippen molar-refractivity contribution < 1.29 is 13.9 Å². The van der Waals surface area contributed by atoms with Crippen molar-refractivity contribution in [2.24, 2.45) is 0 Å². The van der Waals surface area contributed by atoms with Crippen molar-refractivity contribution in [1.29, 1.82) is 0 Å². The molecule has 0 aliphatic carbocycles. The summed E-state index contributed by atoms with van der Waals surface area (Å²) in [5.74, 6) is -0.719. The summed E-state index contributed by atoms with van der Waals surface area (Å²) < 4.78 is 18.4. The third-order valence-corrected chi connectivity index (χ3v) is 3.09. The molecule has 4 heteroatoms. The fourth-order valence-electron chi connectivity index (χ4n) is 1.78. The van der Waals surface area contributed by atoms with E-state index in [1.165, 1.54) is 6.07 Å². The number of rotatable bonds is 5. The first-order valence-corrected chi connectivity index (χ1v) is 6.66. The molecule has 0 N–H and O–H groups in total. The minimum atomic E-state index is -0.366. The van der Waals surface area contributed by atoms with Crippen LogP contribution in [0.4, 0.5) is 4.39 Å². The van der Waals surface area contributed by atoms with Crippen LogP contribution in [0.5, 0.6) is 0 Å². The Morgan fingerprint density at radius 3 is 2.70 bits per heavy atom. The molecule has 20 heavy (non-hydrogen) atoms. The molecular formula is C16H14ClFO2. The Balaban J connectivity index is 1.80. The average Bonchev–Trinajstić information content (AvgIpc) is 2.44. The first kappa shape index (κ1) is 14.5. The van der Waals surface area contributed by atoms with Crippen LogP contribution in [0, 0.1) is 5.82 Å². The van der Waals surface area contributed by atoms with Gasteiger partial charge < -0.3 is 4.74 Å². The molecule has 0 aromatic heterocycles. The highest BCUT2D eigenvalue weighted by atomic mass is 35.5. The standard InChI is InChI=1S/C16H14ClFO2/c17-14-6-3-4-12(10-14)8-9-16(19)20-11-13-5-1-2-7-15(13)18/h1-7,10H,8-9,11H2. The van der Waals surface area contributed by atoms with Crippen molar-refractivity contribution in [3.05, 3.63) is 70.5 Å². The maximum atomic E-state index is 13.3. The van der Waals surface area contributed by atoms with Gasteiger partial charge in [0.1, 0.15) is 12.4 Å². The van der Waals surface area contributed by atoms with Gasteiger partial charge in [-0.15, -0.1) is 0 Å². The highest BCUT2D eigenvalue weighted by molar-refractivity contribution is 6.30. The van der Waals surface area contributed by atoms with Crippen molar-refractivity contribution in [2.45, 2.75) is 19.4 Å². The van der Waals surface area contributed by atoms with Crippen molar-refractivity contribution in [2.75, 3.05) is 0 Å². The van der Waals surface area contributed by atoms with Crippen molar-refractivity contribution in [3.63, 3.8) is 0 Å². The molecule has 0 spiro atoms. The number of esters is 1. The van der Waals surface area contributed by atoms with Crippen LogP contribution in [0.15, 0.2) is 48.5 Å². The van der Waals surface area contributed by atoms with E-state index in [4.69, 9.17) is 16.3 Å². The lowest BCUT2D eigenvalue weighted by Gasteiger charge is -2.06. The van der Waals surface area contributed by atoms with E-state index in [2.05, 4.69) is 0 Å². The number of hydrogen-bond acceptors (Lipinski definition) is 2. The summed E-state index contributed by atoms with van der Waals surface area (Å²) in [6, 6.07) is 13.6. The zero-order valence-electron chi connectivity index (χ0n) is 10.8. The average molecular weight is 293 g/mol. The molecule has 104 valence electrons. The summed E-state index contributed by atoms with van der Waals surface area (Å²) in [4.78, 5) is 11.6. The molecule has 0 bridgehead atoms. The minimum absolute atomic E-state index is 0.0406. The number of benzene rings is 2. The number of carbonyl (C=O) groups is 1. The summed E-state index contributed by atoms with van der Waals surface area (Å²) in [5.41, 5.74) is 1.35. The molecule has 0 saturated heterocycles. The maximum Gasteiger partial charge on any atom is 0.306 e. The van der Waals surface area contributed by atoms with E-state index >= 15 is 0 Å². The van der Waals surface area contributed by atoms with Crippen molar-refractivity contribution in [3.8, 4) is 0 Å². The molecular weight excluding hydrogens is 279 g/mol. The van der Waals surface area contributed by atoms with Crippen molar-refractivity contribution in [1.82, 2.24) is 0 Å². The van der Waals surface area contributed by atoms with Gasteiger partial charge in [0.05, 0.1) is 0 Å². The summed E-state index contributed by atoms with van der Waals surface area (Å²) in [6.45, 7) is -0.0406. The lowest BCUT2D eigenvalue weighted by molar-refractivity contribution is -0.144. The number of ether oxygens (including phenoxy) is 1. The number of carbonyl (C=O) groups excluding carboxylic acids is 1. The van der Waals surface area contributed by atoms with E-state index in [1.54, 1.807) is 24.3 Å². The molecule has 0 heterocycles. The summed E-state index contributed by atoms with van der Waals surface area (Å²) in [7, 11) is 0. The van der Waals surface area contributed by atoms with Crippen LogP contribution in [0.3, 0.4) is 0 Å². The van der Waals surface area contributed by atoms with Gasteiger partial charge in [-0.05, 0) is 30.2 Å². The quantitative estimate of drug-likeness (QED) is 0.774. The van der Waals surface area contributed by atoms with E-state index in [0.717, 1.165) is 5.56 Å². The molecule has 0 aliphatic heterocycles. The molecule has 0 atom stereocenters. The summed E-state index contributed by atoms with van der Waals surface area (Å²) in [5, 5.41) is 0.641. The molecule has 0 amide bonds. The fraction of sp³-hybridized carbons (Fsp3) is 0.188. The molecule has 2 aromatic rings. The van der Waals surface area contributed by atoms with Gasteiger partial charge in [-0.3, -0.25) is 4.79 Å². The second-order valence-electron chi connectivity index (χ2n) is 4.38. The molecule has 0 radical (unpaired) electrons. The van der Waals surface area contributed by atoms with Gasteiger partial charge in [0.25, 0.3) is 0 Å². The molecule has 0 saturated carbocycles. The Hall–Kier alpha value is -1.87. The predicted molar refractivity (Wildman–Crippen MR) is 76.0 cm³/mol. The Labute approximate surface area is 122 Å². The molecule has 2 rings (SSSR count). The number of aryl methyl sites for hydroxylation is 1. The van der Waals surface area contributed by atoms with Crippen LogP contribution in [0.25, 0.3) is 0 Å². The van der Waals surface area contributed by atoms with Crippen LogP contribution in [-0.4, -0.2) is 5.97 Å². The Morgan fingerprint density at radius 1 is 1.15 bits per heavy atom. The fourth-order valence-corrected chi connectivity index (χ4v) is 2.00. The Kier molecular flexibility index (Phi) is 5.13. The largest absolute Gasteiger partial charge is 0.461 e. The minimum Gasteiger partial charge on any atom is -0.461 e. The topological polar surface area (TPSA) is 26.3 Å². The smallest absolute Gasteiger partial charge is 0.306 e. The second-order valence-corrected chi connectivity index (χ2v) is 4.82.